The summed E-state index contributed by atoms with van der Waals surface area (Å²) in [6.45, 7) is 3.80. The van der Waals surface area contributed by atoms with Gasteiger partial charge < -0.3 is 10.6 Å². The molecule has 1 heterocycles. The number of likely N-dealkylation sites (tertiary alicyclic amines) is 1. The van der Waals surface area contributed by atoms with Crippen LogP contribution in [-0.2, 0) is 11.3 Å². The van der Waals surface area contributed by atoms with Crippen LogP contribution in [0.15, 0.2) is 72.8 Å². The molecule has 1 saturated heterocycles. The molecule has 5 nitrogen and oxygen atoms in total. The first kappa shape index (κ1) is 24.9. The first-order valence-electron chi connectivity index (χ1n) is 11.8. The Balaban J connectivity index is 1.33. The van der Waals surface area contributed by atoms with E-state index in [1.54, 1.807) is 36.4 Å². The van der Waals surface area contributed by atoms with Crippen molar-refractivity contribution in [2.75, 3.05) is 18.4 Å². The highest BCUT2D eigenvalue weighted by molar-refractivity contribution is 6.30. The number of hydrogen-bond acceptors (Lipinski definition) is 3. The zero-order valence-electron chi connectivity index (χ0n) is 19.6. The molecule has 1 fully saturated rings. The Hall–Kier alpha value is -3.22. The second-order valence-corrected chi connectivity index (χ2v) is 9.36. The first-order chi connectivity index (χ1) is 16.9. The summed E-state index contributed by atoms with van der Waals surface area (Å²) in [5.41, 5.74) is 2.54. The standard InChI is InChI=1S/C28H29ClFN3O2/c1-19(20-7-3-2-4-8-20)31-28(35)24-9-5-6-10-26(24)32-27(34)21-13-15-33(16-14-21)18-22-11-12-23(29)17-25(22)30/h2-12,17,19,21H,13-16,18H2,1H3,(H,31,35)(H,32,34). The lowest BCUT2D eigenvalue weighted by Crippen LogP contribution is -2.38. The number of halogens is 2. The quantitative estimate of drug-likeness (QED) is 0.436. The lowest BCUT2D eigenvalue weighted by atomic mass is 9.95. The van der Waals surface area contributed by atoms with E-state index in [0.29, 0.717) is 54.3 Å². The summed E-state index contributed by atoms with van der Waals surface area (Å²) in [6, 6.07) is 21.3. The SMILES string of the molecule is CC(NC(=O)c1ccccc1NC(=O)C1CCN(Cc2ccc(Cl)cc2F)CC1)c1ccccc1. The zero-order chi connectivity index (χ0) is 24.8. The summed E-state index contributed by atoms with van der Waals surface area (Å²) in [4.78, 5) is 28.1. The summed E-state index contributed by atoms with van der Waals surface area (Å²) in [5, 5.41) is 6.35. The van der Waals surface area contributed by atoms with Gasteiger partial charge in [0, 0.05) is 23.0 Å². The van der Waals surface area contributed by atoms with Crippen LogP contribution in [-0.4, -0.2) is 29.8 Å². The second kappa shape index (κ2) is 11.5. The number of nitrogens with zero attached hydrogens (tertiary/aromatic N) is 1. The summed E-state index contributed by atoms with van der Waals surface area (Å²) in [6.07, 6.45) is 1.33. The van der Waals surface area contributed by atoms with Crippen molar-refractivity contribution in [2.24, 2.45) is 5.92 Å². The lowest BCUT2D eigenvalue weighted by molar-refractivity contribution is -0.121. The maximum Gasteiger partial charge on any atom is 0.253 e. The largest absolute Gasteiger partial charge is 0.345 e. The third-order valence-corrected chi connectivity index (χ3v) is 6.68. The number of hydrogen-bond donors (Lipinski definition) is 2. The molecule has 4 rings (SSSR count). The number of carbonyl (C=O) groups excluding carboxylic acids is 2. The monoisotopic (exact) mass is 493 g/mol. The van der Waals surface area contributed by atoms with Gasteiger partial charge in [0.1, 0.15) is 5.82 Å². The first-order valence-corrected chi connectivity index (χ1v) is 12.2. The van der Waals surface area contributed by atoms with Gasteiger partial charge in [-0.3, -0.25) is 14.5 Å². The van der Waals surface area contributed by atoms with E-state index < -0.39 is 0 Å². The molecular formula is C28H29ClFN3O2. The Bertz CT molecular complexity index is 1180. The fourth-order valence-corrected chi connectivity index (χ4v) is 4.53. The molecule has 7 heteroatoms. The van der Waals surface area contributed by atoms with Crippen LogP contribution < -0.4 is 10.6 Å². The predicted molar refractivity (Wildman–Crippen MR) is 137 cm³/mol. The van der Waals surface area contributed by atoms with E-state index in [4.69, 9.17) is 11.6 Å². The van der Waals surface area contributed by atoms with Gasteiger partial charge in [0.2, 0.25) is 5.91 Å². The number of amides is 2. The number of benzene rings is 3. The van der Waals surface area contributed by atoms with Crippen LogP contribution in [0.4, 0.5) is 10.1 Å². The van der Waals surface area contributed by atoms with Crippen molar-refractivity contribution in [3.63, 3.8) is 0 Å². The lowest BCUT2D eigenvalue weighted by Gasteiger charge is -2.31. The highest BCUT2D eigenvalue weighted by atomic mass is 35.5. The molecule has 182 valence electrons. The van der Waals surface area contributed by atoms with Gasteiger partial charge in [-0.05, 0) is 62.7 Å². The van der Waals surface area contributed by atoms with Crippen molar-refractivity contribution in [3.8, 4) is 0 Å². The van der Waals surface area contributed by atoms with Gasteiger partial charge in [-0.15, -0.1) is 0 Å². The molecule has 0 spiro atoms. The normalized spacial score (nSPS) is 15.4. The summed E-state index contributed by atoms with van der Waals surface area (Å²) < 4.78 is 14.1. The van der Waals surface area contributed by atoms with Gasteiger partial charge in [0.05, 0.1) is 17.3 Å². The van der Waals surface area contributed by atoms with E-state index in [2.05, 4.69) is 15.5 Å². The molecule has 2 N–H and O–H groups in total. The van der Waals surface area contributed by atoms with Crippen LogP contribution >= 0.6 is 11.6 Å². The van der Waals surface area contributed by atoms with Gasteiger partial charge in [0.25, 0.3) is 5.91 Å². The maximum absolute atomic E-state index is 14.1. The van der Waals surface area contributed by atoms with E-state index >= 15 is 0 Å². The molecule has 1 unspecified atom stereocenters. The van der Waals surface area contributed by atoms with Crippen LogP contribution in [0.3, 0.4) is 0 Å². The maximum atomic E-state index is 14.1. The number of piperidine rings is 1. The van der Waals surface area contributed by atoms with Crippen LogP contribution in [0.1, 0.15) is 47.3 Å². The summed E-state index contributed by atoms with van der Waals surface area (Å²) in [5.74, 6) is -0.815. The fourth-order valence-electron chi connectivity index (χ4n) is 4.37. The topological polar surface area (TPSA) is 61.4 Å². The Morgan fingerprint density at radius 1 is 1.03 bits per heavy atom. The molecule has 3 aromatic carbocycles. The average molecular weight is 494 g/mol. The molecule has 35 heavy (non-hydrogen) atoms. The van der Waals surface area contributed by atoms with Crippen molar-refractivity contribution >= 4 is 29.1 Å². The summed E-state index contributed by atoms with van der Waals surface area (Å²) in [7, 11) is 0. The smallest absolute Gasteiger partial charge is 0.253 e. The zero-order valence-corrected chi connectivity index (χ0v) is 20.4. The molecule has 0 saturated carbocycles. The molecular weight excluding hydrogens is 465 g/mol. The number of para-hydroxylation sites is 1. The molecule has 2 amide bonds. The van der Waals surface area contributed by atoms with Gasteiger partial charge in [-0.2, -0.15) is 0 Å². The Morgan fingerprint density at radius 3 is 2.43 bits per heavy atom. The third-order valence-electron chi connectivity index (χ3n) is 6.44. The molecule has 1 atom stereocenters. The summed E-state index contributed by atoms with van der Waals surface area (Å²) >= 11 is 5.84. The minimum absolute atomic E-state index is 0.0984. The van der Waals surface area contributed by atoms with Crippen molar-refractivity contribution in [1.29, 1.82) is 0 Å². The van der Waals surface area contributed by atoms with E-state index in [1.807, 2.05) is 37.3 Å². The fraction of sp³-hybridized carbons (Fsp3) is 0.286. The number of anilines is 1. The van der Waals surface area contributed by atoms with Crippen LogP contribution in [0.25, 0.3) is 0 Å². The number of rotatable bonds is 7. The number of carbonyl (C=O) groups is 2. The van der Waals surface area contributed by atoms with Crippen LogP contribution in [0.2, 0.25) is 5.02 Å². The Morgan fingerprint density at radius 2 is 1.71 bits per heavy atom. The van der Waals surface area contributed by atoms with Crippen molar-refractivity contribution in [2.45, 2.75) is 32.4 Å². The van der Waals surface area contributed by atoms with E-state index in [9.17, 15) is 14.0 Å². The molecule has 3 aromatic rings. The molecule has 1 aliphatic heterocycles. The Labute approximate surface area is 210 Å². The molecule has 0 aliphatic carbocycles. The third kappa shape index (κ3) is 6.47. The van der Waals surface area contributed by atoms with Crippen molar-refractivity contribution in [1.82, 2.24) is 10.2 Å². The van der Waals surface area contributed by atoms with Gasteiger partial charge in [0.15, 0.2) is 0 Å². The molecule has 1 aliphatic rings. The molecule has 0 radical (unpaired) electrons. The van der Waals surface area contributed by atoms with Gasteiger partial charge in [-0.25, -0.2) is 4.39 Å². The molecule has 0 bridgehead atoms. The minimum Gasteiger partial charge on any atom is -0.345 e. The van der Waals surface area contributed by atoms with E-state index in [1.165, 1.54) is 6.07 Å². The van der Waals surface area contributed by atoms with Gasteiger partial charge >= 0.3 is 0 Å². The highest BCUT2D eigenvalue weighted by Gasteiger charge is 2.26. The molecule has 0 aromatic heterocycles. The highest BCUT2D eigenvalue weighted by Crippen LogP contribution is 2.24. The van der Waals surface area contributed by atoms with Gasteiger partial charge in [-0.1, -0.05) is 60.1 Å². The second-order valence-electron chi connectivity index (χ2n) is 8.93. The van der Waals surface area contributed by atoms with Crippen molar-refractivity contribution < 1.29 is 14.0 Å². The Kier molecular flexibility index (Phi) is 8.16. The van der Waals surface area contributed by atoms with E-state index in [0.717, 1.165) is 5.56 Å². The van der Waals surface area contributed by atoms with Crippen molar-refractivity contribution in [3.05, 3.63) is 100 Å². The average Bonchev–Trinajstić information content (AvgIpc) is 2.87. The van der Waals surface area contributed by atoms with Crippen LogP contribution in [0, 0.1) is 11.7 Å². The minimum atomic E-state index is -0.311. The number of nitrogens with one attached hydrogen (secondary N) is 2. The van der Waals surface area contributed by atoms with Crippen LogP contribution in [0.5, 0.6) is 0 Å². The predicted octanol–water partition coefficient (Wildman–Crippen LogP) is 5.82. The van der Waals surface area contributed by atoms with E-state index in [-0.39, 0.29) is 29.6 Å².